The standard InChI is InChI=1S/C57H36N6/c1-34-39-20-10-12-30-49(39)59-55(62(34)53-46-27-8-4-23-42(46)40-21-2-6-25-44(40)51(53)58)37-18-14-16-35(32-37)36-17-15-19-38(33-36)56-60-50-31-13-11-29-48(50)57-61-52-45-26-7-3-22-41(45)43-24-5-9-28-47(43)54(52)63(56)57/h2-33H,1,58H2. The maximum absolute atomic E-state index is 7.24. The quantitative estimate of drug-likeness (QED) is 0.142. The van der Waals surface area contributed by atoms with E-state index in [2.05, 4.69) is 179 Å². The minimum Gasteiger partial charge on any atom is -0.397 e. The topological polar surface area (TPSA) is 71.8 Å². The van der Waals surface area contributed by atoms with E-state index >= 15 is 0 Å². The molecule has 0 radical (unpaired) electrons. The van der Waals surface area contributed by atoms with E-state index < -0.39 is 0 Å². The number of benzene rings is 10. The molecule has 12 aromatic rings. The monoisotopic (exact) mass is 804 g/mol. The number of rotatable bonds is 4. The van der Waals surface area contributed by atoms with Crippen molar-refractivity contribution in [3.8, 4) is 22.5 Å². The second kappa shape index (κ2) is 13.4. The molecule has 2 aromatic heterocycles. The van der Waals surface area contributed by atoms with Crippen LogP contribution in [0.15, 0.2) is 206 Å². The molecule has 10 aromatic carbocycles. The molecule has 6 nitrogen and oxygen atoms in total. The fourth-order valence-electron chi connectivity index (χ4n) is 9.94. The van der Waals surface area contributed by atoms with Crippen LogP contribution in [-0.4, -0.2) is 20.2 Å². The van der Waals surface area contributed by atoms with Crippen LogP contribution in [0.4, 0.5) is 17.1 Å². The first-order valence-corrected chi connectivity index (χ1v) is 21.2. The van der Waals surface area contributed by atoms with E-state index in [0.717, 1.165) is 116 Å². The molecule has 0 saturated heterocycles. The van der Waals surface area contributed by atoms with Gasteiger partial charge in [0.05, 0.1) is 33.6 Å². The van der Waals surface area contributed by atoms with Gasteiger partial charge in [0.1, 0.15) is 17.3 Å². The molecular weight excluding hydrogens is 769 g/mol. The second-order valence-electron chi connectivity index (χ2n) is 16.3. The summed E-state index contributed by atoms with van der Waals surface area (Å²) in [4.78, 5) is 18.4. The summed E-state index contributed by atoms with van der Waals surface area (Å²) in [5.41, 5.74) is 19.3. The highest BCUT2D eigenvalue weighted by Gasteiger charge is 2.30. The van der Waals surface area contributed by atoms with E-state index in [1.165, 1.54) is 10.8 Å². The first-order chi connectivity index (χ1) is 31.1. The number of hydrogen-bond acceptors (Lipinski definition) is 5. The summed E-state index contributed by atoms with van der Waals surface area (Å²) in [6.45, 7) is 4.72. The lowest BCUT2D eigenvalue weighted by molar-refractivity contribution is 1.16. The van der Waals surface area contributed by atoms with E-state index in [9.17, 15) is 0 Å². The molecule has 3 heterocycles. The Bertz CT molecular complexity index is 3970. The number of para-hydroxylation sites is 2. The Balaban J connectivity index is 1.02. The Labute approximate surface area is 362 Å². The lowest BCUT2D eigenvalue weighted by Crippen LogP contribution is -2.33. The van der Waals surface area contributed by atoms with Crippen LogP contribution in [0.25, 0.3) is 98.9 Å². The summed E-state index contributed by atoms with van der Waals surface area (Å²) in [5.74, 6) is 1.59. The van der Waals surface area contributed by atoms with Crippen molar-refractivity contribution >= 4 is 99.3 Å². The zero-order valence-corrected chi connectivity index (χ0v) is 34.0. The largest absolute Gasteiger partial charge is 0.397 e. The van der Waals surface area contributed by atoms with E-state index in [1.54, 1.807) is 0 Å². The number of aliphatic imine (C=N–C) groups is 1. The number of aromatic nitrogens is 3. The molecule has 0 atom stereocenters. The molecule has 0 aliphatic carbocycles. The molecule has 2 N–H and O–H groups in total. The summed E-state index contributed by atoms with van der Waals surface area (Å²) in [6, 6.07) is 67.8. The molecule has 0 bridgehead atoms. The fourth-order valence-corrected chi connectivity index (χ4v) is 9.94. The average molecular weight is 805 g/mol. The minimum atomic E-state index is 0.684. The lowest BCUT2D eigenvalue weighted by atomic mass is 9.95. The first kappa shape index (κ1) is 35.2. The Morgan fingerprint density at radius 2 is 0.968 bits per heavy atom. The minimum absolute atomic E-state index is 0.684. The number of nitrogens with zero attached hydrogens (tertiary/aromatic N) is 5. The van der Waals surface area contributed by atoms with Gasteiger partial charge in [0.15, 0.2) is 0 Å². The van der Waals surface area contributed by atoms with Gasteiger partial charge in [-0.05, 0) is 63.0 Å². The highest BCUT2D eigenvalue weighted by Crippen LogP contribution is 2.47. The molecule has 0 saturated carbocycles. The summed E-state index contributed by atoms with van der Waals surface area (Å²) in [5, 5.41) is 9.91. The van der Waals surface area contributed by atoms with Crippen molar-refractivity contribution in [1.29, 1.82) is 0 Å². The highest BCUT2D eigenvalue weighted by molar-refractivity contribution is 6.30. The molecule has 294 valence electrons. The van der Waals surface area contributed by atoms with Crippen molar-refractivity contribution in [2.75, 3.05) is 10.6 Å². The maximum Gasteiger partial charge on any atom is 0.149 e. The average Bonchev–Trinajstić information content (AvgIpc) is 3.76. The third-order valence-corrected chi connectivity index (χ3v) is 12.8. The number of anilines is 2. The number of nitrogens with two attached hydrogens (primary N) is 1. The van der Waals surface area contributed by atoms with Gasteiger partial charge >= 0.3 is 0 Å². The van der Waals surface area contributed by atoms with E-state index in [1.807, 2.05) is 24.3 Å². The molecule has 1 aliphatic rings. The third kappa shape index (κ3) is 5.15. The van der Waals surface area contributed by atoms with Crippen LogP contribution in [0.5, 0.6) is 0 Å². The number of amidine groups is 1. The molecule has 0 spiro atoms. The van der Waals surface area contributed by atoms with Gasteiger partial charge in [0.25, 0.3) is 0 Å². The van der Waals surface area contributed by atoms with Gasteiger partial charge in [0, 0.05) is 49.3 Å². The van der Waals surface area contributed by atoms with Gasteiger partial charge in [0.2, 0.25) is 0 Å². The van der Waals surface area contributed by atoms with Crippen molar-refractivity contribution in [2.45, 2.75) is 0 Å². The molecule has 1 aliphatic heterocycles. The molecule has 0 fully saturated rings. The van der Waals surface area contributed by atoms with Gasteiger partial charge < -0.3 is 5.73 Å². The summed E-state index contributed by atoms with van der Waals surface area (Å²) in [7, 11) is 0. The van der Waals surface area contributed by atoms with Crippen molar-refractivity contribution in [3.63, 3.8) is 0 Å². The fraction of sp³-hybridized carbons (Fsp3) is 0. The van der Waals surface area contributed by atoms with E-state index in [-0.39, 0.29) is 0 Å². The SMILES string of the molecule is C=C1c2ccccc2N=C(c2cccc(-c3cccc(-c4nc5ccccc5c5nc6c7ccccc7c7ccccc7c6n45)c3)c2)N1c1c(N)c2ccccc2c2ccccc12. The highest BCUT2D eigenvalue weighted by atomic mass is 15.2. The van der Waals surface area contributed by atoms with E-state index in [0.29, 0.717) is 5.69 Å². The molecule has 0 unspecified atom stereocenters. The van der Waals surface area contributed by atoms with Gasteiger partial charge in [-0.25, -0.2) is 15.0 Å². The molecular formula is C57H36N6. The Morgan fingerprint density at radius 1 is 0.444 bits per heavy atom. The number of fused-ring (bicyclic) bond motifs is 14. The zero-order chi connectivity index (χ0) is 41.8. The first-order valence-electron chi connectivity index (χ1n) is 21.2. The Kier molecular flexibility index (Phi) is 7.51. The molecule has 63 heavy (non-hydrogen) atoms. The Hall–Kier alpha value is -8.61. The van der Waals surface area contributed by atoms with Crippen LogP contribution >= 0.6 is 0 Å². The summed E-state index contributed by atoms with van der Waals surface area (Å²) >= 11 is 0. The predicted octanol–water partition coefficient (Wildman–Crippen LogP) is 14.1. The van der Waals surface area contributed by atoms with Crippen molar-refractivity contribution in [3.05, 3.63) is 212 Å². The van der Waals surface area contributed by atoms with E-state index in [4.69, 9.17) is 27.3 Å². The van der Waals surface area contributed by atoms with Crippen LogP contribution < -0.4 is 10.6 Å². The summed E-state index contributed by atoms with van der Waals surface area (Å²) < 4.78 is 2.28. The summed E-state index contributed by atoms with van der Waals surface area (Å²) in [6.07, 6.45) is 0. The number of hydrogen-bond donors (Lipinski definition) is 1. The number of imidazole rings is 1. The second-order valence-corrected chi connectivity index (χ2v) is 16.3. The third-order valence-electron chi connectivity index (χ3n) is 12.8. The predicted molar refractivity (Wildman–Crippen MR) is 264 cm³/mol. The van der Waals surface area contributed by atoms with Crippen molar-refractivity contribution in [2.24, 2.45) is 4.99 Å². The van der Waals surface area contributed by atoms with Crippen LogP contribution in [0, 0.1) is 0 Å². The lowest BCUT2D eigenvalue weighted by Gasteiger charge is -2.34. The van der Waals surface area contributed by atoms with Crippen LogP contribution in [-0.2, 0) is 0 Å². The van der Waals surface area contributed by atoms with Crippen molar-refractivity contribution in [1.82, 2.24) is 14.4 Å². The van der Waals surface area contributed by atoms with Crippen LogP contribution in [0.2, 0.25) is 0 Å². The molecule has 13 rings (SSSR count). The zero-order valence-electron chi connectivity index (χ0n) is 34.0. The number of nitrogen functional groups attached to an aromatic ring is 1. The van der Waals surface area contributed by atoms with Crippen molar-refractivity contribution < 1.29 is 0 Å². The van der Waals surface area contributed by atoms with Gasteiger partial charge in [-0.2, -0.15) is 0 Å². The Morgan fingerprint density at radius 3 is 1.71 bits per heavy atom. The van der Waals surface area contributed by atoms with Crippen LogP contribution in [0.1, 0.15) is 11.1 Å². The van der Waals surface area contributed by atoms with Gasteiger partial charge in [-0.15, -0.1) is 0 Å². The van der Waals surface area contributed by atoms with Gasteiger partial charge in [-0.3, -0.25) is 9.30 Å². The maximum atomic E-state index is 7.24. The molecule has 6 heteroatoms. The van der Waals surface area contributed by atoms with Crippen LogP contribution in [0.3, 0.4) is 0 Å². The van der Waals surface area contributed by atoms with Gasteiger partial charge in [-0.1, -0.05) is 170 Å². The normalized spacial score (nSPS) is 12.9. The molecule has 0 amide bonds. The smallest absolute Gasteiger partial charge is 0.149 e.